The van der Waals surface area contributed by atoms with Crippen LogP contribution in [0.25, 0.3) is 11.1 Å². The Morgan fingerprint density at radius 2 is 1.63 bits per heavy atom. The first-order valence-electron chi connectivity index (χ1n) is 12.6. The zero-order valence-electron chi connectivity index (χ0n) is 19.5. The first kappa shape index (κ1) is 22.1. The first-order valence-corrected chi connectivity index (χ1v) is 12.6. The third-order valence-corrected chi connectivity index (χ3v) is 8.68. The highest BCUT2D eigenvalue weighted by Crippen LogP contribution is 2.63. The molecule has 3 fully saturated rings. The highest BCUT2D eigenvalue weighted by atomic mass is 16.5. The molecule has 0 unspecified atom stereocenters. The van der Waals surface area contributed by atoms with Crippen LogP contribution in [-0.4, -0.2) is 41.8 Å². The SMILES string of the molecule is O=C(N[C@H]1CCC[C@H]1C(=O)N[C@H]1C[C@@H]2C[C@]2(C(=O)O)C1)OCC1c2ccccc2-c2ccccc21. The van der Waals surface area contributed by atoms with E-state index in [9.17, 15) is 19.5 Å². The maximum atomic E-state index is 13.0. The Hall–Kier alpha value is -3.35. The van der Waals surface area contributed by atoms with Crippen LogP contribution in [0.5, 0.6) is 0 Å². The van der Waals surface area contributed by atoms with Crippen molar-refractivity contribution in [2.24, 2.45) is 17.3 Å². The maximum Gasteiger partial charge on any atom is 0.407 e. The summed E-state index contributed by atoms with van der Waals surface area (Å²) in [5.74, 6) is -0.962. The Morgan fingerprint density at radius 3 is 2.29 bits per heavy atom. The number of rotatable bonds is 6. The van der Waals surface area contributed by atoms with Gasteiger partial charge in [-0.05, 0) is 60.3 Å². The van der Waals surface area contributed by atoms with Gasteiger partial charge in [0.15, 0.2) is 0 Å². The number of carboxylic acid groups (broad SMARTS) is 1. The third-order valence-electron chi connectivity index (χ3n) is 8.68. The van der Waals surface area contributed by atoms with E-state index >= 15 is 0 Å². The van der Waals surface area contributed by atoms with Crippen LogP contribution in [0.1, 0.15) is 55.6 Å². The van der Waals surface area contributed by atoms with Crippen molar-refractivity contribution in [2.75, 3.05) is 6.61 Å². The molecule has 0 radical (unpaired) electrons. The molecule has 0 spiro atoms. The standard InChI is InChI=1S/C28H30N2O5/c31-25(29-17-12-16-13-28(16,14-17)26(32)33)22-10-5-11-24(22)30-27(34)35-15-23-20-8-3-1-6-18(20)19-7-2-4-9-21(19)23/h1-4,6-9,16-17,22-24H,5,10-15H2,(H,29,31)(H,30,34)(H,32,33)/t16-,17+,22-,24+,28+/m1/s1. The summed E-state index contributed by atoms with van der Waals surface area (Å²) in [5, 5.41) is 15.5. The number of carboxylic acids is 1. The van der Waals surface area contributed by atoms with Crippen molar-refractivity contribution in [1.29, 1.82) is 0 Å². The number of hydrogen-bond acceptors (Lipinski definition) is 4. The van der Waals surface area contributed by atoms with Crippen molar-refractivity contribution in [3.8, 4) is 11.1 Å². The number of ether oxygens (including phenoxy) is 1. The lowest BCUT2D eigenvalue weighted by Crippen LogP contribution is -2.46. The quantitative estimate of drug-likeness (QED) is 0.586. The van der Waals surface area contributed by atoms with Crippen LogP contribution in [0.3, 0.4) is 0 Å². The van der Waals surface area contributed by atoms with Gasteiger partial charge in [0.05, 0.1) is 11.3 Å². The van der Waals surface area contributed by atoms with E-state index in [2.05, 4.69) is 34.9 Å². The number of nitrogens with one attached hydrogen (secondary N) is 2. The van der Waals surface area contributed by atoms with Crippen LogP contribution in [-0.2, 0) is 14.3 Å². The second kappa shape index (κ2) is 8.40. The number of carbonyl (C=O) groups excluding carboxylic acids is 2. The fourth-order valence-electron chi connectivity index (χ4n) is 6.81. The smallest absolute Gasteiger partial charge is 0.407 e. The van der Waals surface area contributed by atoms with Gasteiger partial charge < -0.3 is 20.5 Å². The number of hydrogen-bond donors (Lipinski definition) is 3. The van der Waals surface area contributed by atoms with Crippen molar-refractivity contribution in [1.82, 2.24) is 10.6 Å². The number of amides is 2. The molecule has 2 aromatic carbocycles. The van der Waals surface area contributed by atoms with Gasteiger partial charge in [0, 0.05) is 18.0 Å². The molecule has 7 heteroatoms. The molecule has 7 nitrogen and oxygen atoms in total. The van der Waals surface area contributed by atoms with E-state index in [1.165, 1.54) is 11.1 Å². The van der Waals surface area contributed by atoms with Gasteiger partial charge in [-0.25, -0.2) is 4.79 Å². The molecule has 4 aliphatic rings. The molecule has 3 N–H and O–H groups in total. The van der Waals surface area contributed by atoms with Gasteiger partial charge in [-0.2, -0.15) is 0 Å². The number of carbonyl (C=O) groups is 3. The third kappa shape index (κ3) is 3.77. The lowest BCUT2D eigenvalue weighted by Gasteiger charge is -2.24. The second-order valence-corrected chi connectivity index (χ2v) is 10.6. The summed E-state index contributed by atoms with van der Waals surface area (Å²) in [6.45, 7) is 0.240. The lowest BCUT2D eigenvalue weighted by molar-refractivity contribution is -0.144. The zero-order valence-corrected chi connectivity index (χ0v) is 19.5. The fourth-order valence-corrected chi connectivity index (χ4v) is 6.81. The molecular formula is C28H30N2O5. The van der Waals surface area contributed by atoms with Crippen molar-refractivity contribution in [3.63, 3.8) is 0 Å². The van der Waals surface area contributed by atoms with Gasteiger partial charge in [0.2, 0.25) is 5.91 Å². The topological polar surface area (TPSA) is 105 Å². The Bertz CT molecular complexity index is 1150. The van der Waals surface area contributed by atoms with Gasteiger partial charge in [-0.15, -0.1) is 0 Å². The molecule has 6 rings (SSSR count). The summed E-state index contributed by atoms with van der Waals surface area (Å²) in [7, 11) is 0. The van der Waals surface area contributed by atoms with Crippen LogP contribution >= 0.6 is 0 Å². The van der Waals surface area contributed by atoms with E-state index in [0.717, 1.165) is 36.8 Å². The normalized spacial score (nSPS) is 30.2. The van der Waals surface area contributed by atoms with Crippen LogP contribution in [0.15, 0.2) is 48.5 Å². The number of benzene rings is 2. The number of aliphatic carboxylic acids is 1. The molecule has 0 bridgehead atoms. The van der Waals surface area contributed by atoms with Gasteiger partial charge in [0.1, 0.15) is 6.61 Å². The summed E-state index contributed by atoms with van der Waals surface area (Å²) in [5.41, 5.74) is 4.06. The van der Waals surface area contributed by atoms with E-state index in [0.29, 0.717) is 12.8 Å². The Kier molecular flexibility index (Phi) is 5.31. The number of alkyl carbamates (subject to hydrolysis) is 1. The molecule has 3 saturated carbocycles. The average molecular weight is 475 g/mol. The molecule has 0 saturated heterocycles. The summed E-state index contributed by atoms with van der Waals surface area (Å²) in [4.78, 5) is 37.3. The lowest BCUT2D eigenvalue weighted by atomic mass is 9.98. The maximum absolute atomic E-state index is 13.0. The minimum atomic E-state index is -0.741. The van der Waals surface area contributed by atoms with Gasteiger partial charge in [-0.1, -0.05) is 55.0 Å². The van der Waals surface area contributed by atoms with E-state index in [-0.39, 0.29) is 42.4 Å². The van der Waals surface area contributed by atoms with E-state index in [1.807, 2.05) is 24.3 Å². The molecule has 182 valence electrons. The highest BCUT2D eigenvalue weighted by molar-refractivity contribution is 5.83. The summed E-state index contributed by atoms with van der Waals surface area (Å²) in [6, 6.07) is 16.1. The molecule has 35 heavy (non-hydrogen) atoms. The molecular weight excluding hydrogens is 444 g/mol. The van der Waals surface area contributed by atoms with E-state index in [1.54, 1.807) is 0 Å². The summed E-state index contributed by atoms with van der Waals surface area (Å²) < 4.78 is 5.68. The van der Waals surface area contributed by atoms with Gasteiger partial charge in [-0.3, -0.25) is 9.59 Å². The molecule has 0 aromatic heterocycles. The highest BCUT2D eigenvalue weighted by Gasteiger charge is 2.65. The fraction of sp³-hybridized carbons (Fsp3) is 0.464. The Morgan fingerprint density at radius 1 is 0.943 bits per heavy atom. The van der Waals surface area contributed by atoms with Crippen LogP contribution in [0, 0.1) is 17.3 Å². The van der Waals surface area contributed by atoms with Crippen LogP contribution < -0.4 is 10.6 Å². The monoisotopic (exact) mass is 474 g/mol. The molecule has 2 aromatic rings. The van der Waals surface area contributed by atoms with E-state index < -0.39 is 17.5 Å². The second-order valence-electron chi connectivity index (χ2n) is 10.6. The largest absolute Gasteiger partial charge is 0.481 e. The Labute approximate surface area is 204 Å². The predicted octanol–water partition coefficient (Wildman–Crippen LogP) is 4.06. The van der Waals surface area contributed by atoms with Crippen molar-refractivity contribution in [3.05, 3.63) is 59.7 Å². The molecule has 0 aliphatic heterocycles. The van der Waals surface area contributed by atoms with Gasteiger partial charge in [0.25, 0.3) is 0 Å². The summed E-state index contributed by atoms with van der Waals surface area (Å²) >= 11 is 0. The summed E-state index contributed by atoms with van der Waals surface area (Å²) in [6.07, 6.45) is 3.77. The first-order chi connectivity index (χ1) is 17.0. The predicted molar refractivity (Wildman–Crippen MR) is 129 cm³/mol. The number of fused-ring (bicyclic) bond motifs is 4. The van der Waals surface area contributed by atoms with Crippen LogP contribution in [0.2, 0.25) is 0 Å². The van der Waals surface area contributed by atoms with Crippen LogP contribution in [0.4, 0.5) is 4.79 Å². The molecule has 2 amide bonds. The molecule has 4 aliphatic carbocycles. The minimum Gasteiger partial charge on any atom is -0.481 e. The minimum absolute atomic E-state index is 0.00817. The van der Waals surface area contributed by atoms with Gasteiger partial charge >= 0.3 is 12.1 Å². The zero-order chi connectivity index (χ0) is 24.2. The van der Waals surface area contributed by atoms with E-state index in [4.69, 9.17) is 4.74 Å². The Balaban J connectivity index is 1.05. The van der Waals surface area contributed by atoms with Crippen molar-refractivity contribution >= 4 is 18.0 Å². The molecule has 0 heterocycles. The van der Waals surface area contributed by atoms with Crippen molar-refractivity contribution < 1.29 is 24.2 Å². The average Bonchev–Trinajstić information content (AvgIpc) is 3.17. The van der Waals surface area contributed by atoms with Crippen molar-refractivity contribution in [2.45, 2.75) is 56.5 Å². The molecule has 5 atom stereocenters.